The second-order valence-electron chi connectivity index (χ2n) is 6.70. The van der Waals surface area contributed by atoms with Gasteiger partial charge in [-0.05, 0) is 55.4 Å². The Morgan fingerprint density at radius 3 is 2.33 bits per heavy atom. The first kappa shape index (κ1) is 15.8. The SMILES string of the molecule is CC1(C)CCC(O)(CNC(=O)Nc2ccc(F)cc2)CC1. The molecule has 2 amide bonds. The summed E-state index contributed by atoms with van der Waals surface area (Å²) >= 11 is 0. The highest BCUT2D eigenvalue weighted by Crippen LogP contribution is 2.39. The molecule has 1 aromatic rings. The van der Waals surface area contributed by atoms with E-state index in [2.05, 4.69) is 24.5 Å². The Morgan fingerprint density at radius 1 is 1.19 bits per heavy atom. The van der Waals surface area contributed by atoms with Crippen molar-refractivity contribution < 1.29 is 14.3 Å². The zero-order valence-corrected chi connectivity index (χ0v) is 12.6. The predicted octanol–water partition coefficient (Wildman–Crippen LogP) is 3.28. The number of amides is 2. The van der Waals surface area contributed by atoms with Crippen molar-refractivity contribution in [3.05, 3.63) is 30.1 Å². The quantitative estimate of drug-likeness (QED) is 0.801. The third-order valence-corrected chi connectivity index (χ3v) is 4.21. The van der Waals surface area contributed by atoms with Gasteiger partial charge in [-0.15, -0.1) is 0 Å². The Labute approximate surface area is 124 Å². The van der Waals surface area contributed by atoms with E-state index in [9.17, 15) is 14.3 Å². The van der Waals surface area contributed by atoms with Gasteiger partial charge in [0.15, 0.2) is 0 Å². The van der Waals surface area contributed by atoms with Gasteiger partial charge < -0.3 is 15.7 Å². The van der Waals surface area contributed by atoms with Crippen LogP contribution < -0.4 is 10.6 Å². The molecule has 5 heteroatoms. The average Bonchev–Trinajstić information content (AvgIpc) is 2.43. The van der Waals surface area contributed by atoms with E-state index >= 15 is 0 Å². The Kier molecular flexibility index (Phi) is 4.52. The van der Waals surface area contributed by atoms with Gasteiger partial charge in [0, 0.05) is 12.2 Å². The maximum atomic E-state index is 12.8. The molecule has 1 fully saturated rings. The number of carbonyl (C=O) groups is 1. The number of urea groups is 1. The Bertz CT molecular complexity index is 490. The molecule has 21 heavy (non-hydrogen) atoms. The summed E-state index contributed by atoms with van der Waals surface area (Å²) in [5, 5.41) is 15.8. The molecule has 1 saturated carbocycles. The maximum Gasteiger partial charge on any atom is 0.319 e. The molecular formula is C16H23FN2O2. The molecule has 116 valence electrons. The van der Waals surface area contributed by atoms with Crippen LogP contribution in [0.3, 0.4) is 0 Å². The third kappa shape index (κ3) is 4.70. The number of carbonyl (C=O) groups excluding carboxylic acids is 1. The van der Waals surface area contributed by atoms with Crippen LogP contribution in [0.1, 0.15) is 39.5 Å². The molecule has 0 bridgehead atoms. The first-order valence-corrected chi connectivity index (χ1v) is 7.31. The highest BCUT2D eigenvalue weighted by molar-refractivity contribution is 5.89. The van der Waals surface area contributed by atoms with Gasteiger partial charge in [0.05, 0.1) is 5.60 Å². The maximum absolute atomic E-state index is 12.8. The fraction of sp³-hybridized carbons (Fsp3) is 0.562. The lowest BCUT2D eigenvalue weighted by Crippen LogP contribution is -2.47. The first-order chi connectivity index (χ1) is 9.78. The molecule has 3 N–H and O–H groups in total. The van der Waals surface area contributed by atoms with Crippen LogP contribution in [-0.2, 0) is 0 Å². The lowest BCUT2D eigenvalue weighted by Gasteiger charge is -2.40. The van der Waals surface area contributed by atoms with E-state index in [0.717, 1.165) is 12.8 Å². The monoisotopic (exact) mass is 294 g/mol. The molecule has 0 unspecified atom stereocenters. The number of hydrogen-bond acceptors (Lipinski definition) is 2. The second-order valence-corrected chi connectivity index (χ2v) is 6.70. The molecule has 0 heterocycles. The fourth-order valence-corrected chi connectivity index (χ4v) is 2.52. The van der Waals surface area contributed by atoms with Crippen LogP contribution in [0.4, 0.5) is 14.9 Å². The van der Waals surface area contributed by atoms with Crippen LogP contribution in [-0.4, -0.2) is 23.3 Å². The zero-order chi connectivity index (χ0) is 15.5. The van der Waals surface area contributed by atoms with Gasteiger partial charge in [-0.1, -0.05) is 13.8 Å². The number of nitrogens with one attached hydrogen (secondary N) is 2. The van der Waals surface area contributed by atoms with E-state index in [1.165, 1.54) is 24.3 Å². The van der Waals surface area contributed by atoms with Crippen LogP contribution in [0.2, 0.25) is 0 Å². The summed E-state index contributed by atoms with van der Waals surface area (Å²) in [6.45, 7) is 4.62. The Balaban J connectivity index is 1.80. The Hall–Kier alpha value is -1.62. The van der Waals surface area contributed by atoms with E-state index in [4.69, 9.17) is 0 Å². The van der Waals surface area contributed by atoms with Crippen molar-refractivity contribution in [1.29, 1.82) is 0 Å². The molecule has 0 atom stereocenters. The topological polar surface area (TPSA) is 61.4 Å². The smallest absolute Gasteiger partial charge is 0.319 e. The van der Waals surface area contributed by atoms with Crippen molar-refractivity contribution in [3.8, 4) is 0 Å². The summed E-state index contributed by atoms with van der Waals surface area (Å²) in [5.41, 5.74) is -0.0381. The largest absolute Gasteiger partial charge is 0.388 e. The van der Waals surface area contributed by atoms with Crippen molar-refractivity contribution in [3.63, 3.8) is 0 Å². The van der Waals surface area contributed by atoms with Gasteiger partial charge in [0.2, 0.25) is 0 Å². The van der Waals surface area contributed by atoms with Gasteiger partial charge in [0.1, 0.15) is 5.82 Å². The van der Waals surface area contributed by atoms with Crippen LogP contribution in [0, 0.1) is 11.2 Å². The van der Waals surface area contributed by atoms with Crippen molar-refractivity contribution in [2.45, 2.75) is 45.1 Å². The van der Waals surface area contributed by atoms with E-state index in [-0.39, 0.29) is 23.8 Å². The third-order valence-electron chi connectivity index (χ3n) is 4.21. The minimum atomic E-state index is -0.824. The second kappa shape index (κ2) is 6.02. The molecule has 0 aromatic heterocycles. The number of benzene rings is 1. The summed E-state index contributed by atoms with van der Waals surface area (Å²) in [4.78, 5) is 11.8. The Morgan fingerprint density at radius 2 is 1.76 bits per heavy atom. The molecule has 1 aliphatic rings. The summed E-state index contributed by atoms with van der Waals surface area (Å²) in [5.74, 6) is -0.347. The number of anilines is 1. The molecule has 0 radical (unpaired) electrons. The average molecular weight is 294 g/mol. The van der Waals surface area contributed by atoms with E-state index in [1.54, 1.807) is 0 Å². The van der Waals surface area contributed by atoms with Crippen molar-refractivity contribution in [2.24, 2.45) is 5.41 Å². The minimum absolute atomic E-state index is 0.232. The fourth-order valence-electron chi connectivity index (χ4n) is 2.52. The standard InChI is InChI=1S/C16H23FN2O2/c1-15(2)7-9-16(21,10-8-15)11-18-14(20)19-13-5-3-12(17)4-6-13/h3-6,21H,7-11H2,1-2H3,(H2,18,19,20). The molecule has 4 nitrogen and oxygen atoms in total. The van der Waals surface area contributed by atoms with Gasteiger partial charge in [-0.3, -0.25) is 0 Å². The molecule has 0 aliphatic heterocycles. The first-order valence-electron chi connectivity index (χ1n) is 7.31. The van der Waals surface area contributed by atoms with E-state index in [1.807, 2.05) is 0 Å². The lowest BCUT2D eigenvalue weighted by molar-refractivity contribution is -0.0220. The highest BCUT2D eigenvalue weighted by Gasteiger charge is 2.36. The molecule has 0 spiro atoms. The lowest BCUT2D eigenvalue weighted by atomic mass is 9.71. The zero-order valence-electron chi connectivity index (χ0n) is 12.6. The van der Waals surface area contributed by atoms with Crippen LogP contribution in [0.15, 0.2) is 24.3 Å². The molecule has 2 rings (SSSR count). The molecular weight excluding hydrogens is 271 g/mol. The van der Waals surface area contributed by atoms with Gasteiger partial charge in [0.25, 0.3) is 0 Å². The summed E-state index contributed by atoms with van der Waals surface area (Å²) in [6.07, 6.45) is 3.28. The normalized spacial score (nSPS) is 19.8. The number of rotatable bonds is 3. The predicted molar refractivity (Wildman–Crippen MR) is 80.6 cm³/mol. The number of aliphatic hydroxyl groups is 1. The van der Waals surface area contributed by atoms with E-state index < -0.39 is 5.60 Å². The molecule has 0 saturated heterocycles. The highest BCUT2D eigenvalue weighted by atomic mass is 19.1. The van der Waals surface area contributed by atoms with Crippen LogP contribution in [0.25, 0.3) is 0 Å². The van der Waals surface area contributed by atoms with E-state index in [0.29, 0.717) is 18.5 Å². The van der Waals surface area contributed by atoms with Crippen LogP contribution >= 0.6 is 0 Å². The number of hydrogen-bond donors (Lipinski definition) is 3. The van der Waals surface area contributed by atoms with Gasteiger partial charge >= 0.3 is 6.03 Å². The van der Waals surface area contributed by atoms with Gasteiger partial charge in [-0.25, -0.2) is 9.18 Å². The number of halogens is 1. The summed E-state index contributed by atoms with van der Waals surface area (Å²) in [7, 11) is 0. The van der Waals surface area contributed by atoms with Crippen molar-refractivity contribution in [2.75, 3.05) is 11.9 Å². The van der Waals surface area contributed by atoms with Crippen molar-refractivity contribution in [1.82, 2.24) is 5.32 Å². The minimum Gasteiger partial charge on any atom is -0.388 e. The summed E-state index contributed by atoms with van der Waals surface area (Å²) < 4.78 is 12.8. The van der Waals surface area contributed by atoms with Gasteiger partial charge in [-0.2, -0.15) is 0 Å². The molecule has 1 aromatic carbocycles. The van der Waals surface area contributed by atoms with Crippen LogP contribution in [0.5, 0.6) is 0 Å². The molecule has 1 aliphatic carbocycles. The van der Waals surface area contributed by atoms with Crippen molar-refractivity contribution >= 4 is 11.7 Å². The summed E-state index contributed by atoms with van der Waals surface area (Å²) in [6, 6.07) is 5.16.